The minimum atomic E-state index is -1.53. The fourth-order valence-corrected chi connectivity index (χ4v) is 8.14. The van der Waals surface area contributed by atoms with Crippen molar-refractivity contribution in [3.63, 3.8) is 0 Å². The third kappa shape index (κ3) is 17.6. The van der Waals surface area contributed by atoms with Crippen LogP contribution in [0.3, 0.4) is 0 Å². The summed E-state index contributed by atoms with van der Waals surface area (Å²) in [5.41, 5.74) is 22.6. The molecule has 0 spiro atoms. The summed E-state index contributed by atoms with van der Waals surface area (Å²) in [6.07, 6.45) is -1.69. The van der Waals surface area contributed by atoms with Crippen molar-refractivity contribution in [1.29, 1.82) is 0 Å². The Bertz CT molecular complexity index is 1700. The summed E-state index contributed by atoms with van der Waals surface area (Å²) in [5.74, 6) is -13.7. The second-order valence-corrected chi connectivity index (χ2v) is 15.1. The average molecular weight is 883 g/mol. The molecule has 0 aliphatic rings. The lowest BCUT2D eigenvalue weighted by Crippen LogP contribution is -2.49. The van der Waals surface area contributed by atoms with Crippen molar-refractivity contribution in [3.8, 4) is 11.5 Å². The first kappa shape index (κ1) is 51.0. The zero-order chi connectivity index (χ0) is 44.3. The van der Waals surface area contributed by atoms with Gasteiger partial charge in [-0.05, 0) is 31.4 Å². The van der Waals surface area contributed by atoms with E-state index in [1.54, 1.807) is 0 Å². The number of hydrogen-bond acceptors (Lipinski definition) is 18. The van der Waals surface area contributed by atoms with E-state index in [1.807, 2.05) is 0 Å². The highest BCUT2D eigenvalue weighted by Crippen LogP contribution is 2.51. The molecule has 0 saturated carbocycles. The number of amides is 4. The number of aliphatic carboxylic acids is 5. The van der Waals surface area contributed by atoms with E-state index in [9.17, 15) is 58.5 Å². The van der Waals surface area contributed by atoms with Gasteiger partial charge in [0.05, 0.1) is 9.79 Å². The third-order valence-electron chi connectivity index (χ3n) is 7.45. The normalized spacial score (nSPS) is 13.5. The van der Waals surface area contributed by atoms with E-state index in [2.05, 4.69) is 21.3 Å². The summed E-state index contributed by atoms with van der Waals surface area (Å²) in [5, 5.41) is 77.1. The number of nitrogens with two attached hydrogens (primary N) is 4. The van der Waals surface area contributed by atoms with Crippen LogP contribution in [0, 0.1) is 0 Å². The van der Waals surface area contributed by atoms with Crippen LogP contribution >= 0.6 is 35.3 Å². The number of aromatic hydroxyl groups is 2. The number of phenols is 2. The van der Waals surface area contributed by atoms with Crippen LogP contribution in [0.15, 0.2) is 14.7 Å². The van der Waals surface area contributed by atoms with Crippen molar-refractivity contribution in [2.24, 2.45) is 22.9 Å². The van der Waals surface area contributed by atoms with Crippen molar-refractivity contribution < 1.29 is 78.9 Å². The molecular formula is C31H46N8O16S3. The number of hydrogen-bond donors (Lipinski definition) is 15. The highest BCUT2D eigenvalue weighted by Gasteiger charge is 2.30. The number of carbonyl (C=O) groups excluding carboxylic acids is 4. The molecule has 0 aliphatic carbocycles. The Labute approximate surface area is 341 Å². The van der Waals surface area contributed by atoms with E-state index < -0.39 is 133 Å². The lowest BCUT2D eigenvalue weighted by Gasteiger charge is -2.24. The first-order valence-corrected chi connectivity index (χ1v) is 19.8. The number of phenolic OH excluding ortho intramolecular Hbond substituents is 2. The predicted octanol–water partition coefficient (Wildman–Crippen LogP) is -3.96. The average Bonchev–Trinajstić information content (AvgIpc) is 3.15. The highest BCUT2D eigenvalue weighted by atomic mass is 32.2. The molecule has 0 radical (unpaired) electrons. The molecule has 0 aromatic heterocycles. The van der Waals surface area contributed by atoms with Gasteiger partial charge in [0.2, 0.25) is 23.6 Å². The summed E-state index contributed by atoms with van der Waals surface area (Å²) in [6, 6.07) is -7.38. The molecule has 5 atom stereocenters. The summed E-state index contributed by atoms with van der Waals surface area (Å²) in [4.78, 5) is 107. The topological polar surface area (TPSA) is 447 Å². The first-order valence-electron chi connectivity index (χ1n) is 16.8. The second kappa shape index (κ2) is 25.3. The smallest absolute Gasteiger partial charge is 0.322 e. The first-order chi connectivity index (χ1) is 27.1. The molecule has 27 heteroatoms. The van der Waals surface area contributed by atoms with E-state index in [1.165, 1.54) is 0 Å². The monoisotopic (exact) mass is 882 g/mol. The molecule has 19 N–H and O–H groups in total. The molecule has 58 heavy (non-hydrogen) atoms. The van der Waals surface area contributed by atoms with Crippen LogP contribution < -0.4 is 44.2 Å². The van der Waals surface area contributed by atoms with Crippen LogP contribution in [-0.4, -0.2) is 156 Å². The fraction of sp³-hybridized carbons (Fsp3) is 0.516. The zero-order valence-corrected chi connectivity index (χ0v) is 33.0. The second-order valence-electron chi connectivity index (χ2n) is 12.0. The quantitative estimate of drug-likeness (QED) is 0.0282. The summed E-state index contributed by atoms with van der Waals surface area (Å²) in [7, 11) is 0. The molecule has 0 aliphatic heterocycles. The van der Waals surface area contributed by atoms with Crippen molar-refractivity contribution in [1.82, 2.24) is 21.3 Å². The van der Waals surface area contributed by atoms with Crippen LogP contribution in [0.5, 0.6) is 11.5 Å². The molecule has 0 fully saturated rings. The number of carboxylic acid groups (broad SMARTS) is 5. The molecule has 4 amide bonds. The van der Waals surface area contributed by atoms with Gasteiger partial charge >= 0.3 is 29.8 Å². The summed E-state index contributed by atoms with van der Waals surface area (Å²) in [6.45, 7) is -1.87. The highest BCUT2D eigenvalue weighted by molar-refractivity contribution is 8.02. The lowest BCUT2D eigenvalue weighted by molar-refractivity contribution is -0.140. The van der Waals surface area contributed by atoms with Crippen LogP contribution in [0.4, 0.5) is 0 Å². The van der Waals surface area contributed by atoms with Gasteiger partial charge in [-0.15, -0.1) is 35.3 Å². The number of benzene rings is 1. The molecule has 24 nitrogen and oxygen atoms in total. The fourth-order valence-electron chi connectivity index (χ4n) is 4.39. The number of rotatable bonds is 28. The minimum absolute atomic E-state index is 0.0580. The molecule has 0 unspecified atom stereocenters. The van der Waals surface area contributed by atoms with E-state index in [0.717, 1.165) is 11.8 Å². The standard InChI is InChI=1S/C31H46N8O16S3/c32-6-5-12-24(57-10-16(27(48)36-7-20(42)43)38-18(40)3-1-13(33)29(50)51)22(46)23(47)26(56-9-15(35)31(54)55)25(12)58-11-17(28(49)37-8-21(44)45)39-19(41)4-2-14(34)30(52)53/h13-17,46-47H,1-11,32-35H2,(H,36,48)(H,37,49)(H,38,40)(H,39,41)(H,42,43)(H,44,45)(H,50,51)(H,52,53)(H,54,55)/t13-,14-,15-,16-,17-/m0/s1. The van der Waals surface area contributed by atoms with Gasteiger partial charge in [-0.1, -0.05) is 0 Å². The predicted molar refractivity (Wildman–Crippen MR) is 205 cm³/mol. The maximum atomic E-state index is 13.1. The van der Waals surface area contributed by atoms with Crippen molar-refractivity contribution in [3.05, 3.63) is 5.56 Å². The number of nitrogens with one attached hydrogen (secondary N) is 4. The Kier molecular flexibility index (Phi) is 22.3. The van der Waals surface area contributed by atoms with Gasteiger partial charge in [0.25, 0.3) is 0 Å². The summed E-state index contributed by atoms with van der Waals surface area (Å²) >= 11 is 2.12. The van der Waals surface area contributed by atoms with Gasteiger partial charge in [0.1, 0.15) is 43.3 Å². The van der Waals surface area contributed by atoms with Crippen molar-refractivity contribution in [2.45, 2.75) is 77.0 Å². The summed E-state index contributed by atoms with van der Waals surface area (Å²) < 4.78 is 0. The Morgan fingerprint density at radius 2 is 0.931 bits per heavy atom. The van der Waals surface area contributed by atoms with Gasteiger partial charge in [-0.3, -0.25) is 43.2 Å². The van der Waals surface area contributed by atoms with Crippen LogP contribution in [0.2, 0.25) is 0 Å². The molecule has 0 heterocycles. The number of carbonyl (C=O) groups is 9. The number of thioether (sulfide) groups is 3. The Hall–Kier alpha value is -5.06. The largest absolute Gasteiger partial charge is 0.503 e. The van der Waals surface area contributed by atoms with Crippen LogP contribution in [0.25, 0.3) is 0 Å². The Balaban J connectivity index is 3.76. The molecule has 1 rings (SSSR count). The molecule has 1 aromatic rings. The molecule has 1 aromatic carbocycles. The van der Waals surface area contributed by atoms with E-state index in [0.29, 0.717) is 23.5 Å². The Morgan fingerprint density at radius 3 is 1.31 bits per heavy atom. The molecule has 324 valence electrons. The zero-order valence-electron chi connectivity index (χ0n) is 30.5. The van der Waals surface area contributed by atoms with Crippen molar-refractivity contribution >= 4 is 88.8 Å². The lowest BCUT2D eigenvalue weighted by atomic mass is 10.1. The van der Waals surface area contributed by atoms with Gasteiger partial charge < -0.3 is 79.9 Å². The van der Waals surface area contributed by atoms with E-state index >= 15 is 0 Å². The van der Waals surface area contributed by atoms with Gasteiger partial charge in [0.15, 0.2) is 11.5 Å². The van der Waals surface area contributed by atoms with Crippen LogP contribution in [-0.2, 0) is 49.6 Å². The van der Waals surface area contributed by atoms with Gasteiger partial charge in [-0.2, -0.15) is 0 Å². The maximum absolute atomic E-state index is 13.1. The molecule has 0 bridgehead atoms. The minimum Gasteiger partial charge on any atom is -0.503 e. The molecular weight excluding hydrogens is 837 g/mol. The van der Waals surface area contributed by atoms with Crippen molar-refractivity contribution in [2.75, 3.05) is 36.9 Å². The third-order valence-corrected chi connectivity index (χ3v) is 11.3. The van der Waals surface area contributed by atoms with Gasteiger partial charge in [0, 0.05) is 35.0 Å². The Morgan fingerprint density at radius 1 is 0.552 bits per heavy atom. The van der Waals surface area contributed by atoms with Crippen LogP contribution in [0.1, 0.15) is 31.2 Å². The SMILES string of the molecule is NCCc1c(SC[C@H](NC(=O)CC[C@H](N)C(=O)O)C(=O)NCC(=O)O)c(O)c(O)c(SC[C@H](N)C(=O)O)c1SC[C@H](NC(=O)CC[C@H](N)C(=O)O)C(=O)NCC(=O)O. The molecule has 0 saturated heterocycles. The van der Waals surface area contributed by atoms with Gasteiger partial charge in [-0.25, -0.2) is 0 Å². The van der Waals surface area contributed by atoms with E-state index in [-0.39, 0.29) is 51.8 Å². The maximum Gasteiger partial charge on any atom is 0.322 e. The number of carboxylic acids is 5. The van der Waals surface area contributed by atoms with E-state index in [4.69, 9.17) is 43.4 Å².